The maximum Gasteiger partial charge on any atom is 0.234 e. The highest BCUT2D eigenvalue weighted by molar-refractivity contribution is 9.10. The van der Waals surface area contributed by atoms with Crippen LogP contribution in [0.15, 0.2) is 45.8 Å². The Morgan fingerprint density at radius 1 is 1.17 bits per heavy atom. The Morgan fingerprint density at radius 2 is 1.83 bits per heavy atom. The van der Waals surface area contributed by atoms with Gasteiger partial charge in [-0.05, 0) is 40.2 Å². The maximum absolute atomic E-state index is 12.1. The summed E-state index contributed by atoms with van der Waals surface area (Å²) in [5, 5.41) is 3.55. The highest BCUT2D eigenvalue weighted by Crippen LogP contribution is 2.38. The number of benzene rings is 2. The first kappa shape index (κ1) is 16.5. The van der Waals surface area contributed by atoms with E-state index in [4.69, 9.17) is 21.1 Å². The second kappa shape index (κ2) is 7.47. The van der Waals surface area contributed by atoms with Crippen molar-refractivity contribution in [1.29, 1.82) is 0 Å². The number of rotatable bonds is 4. The molecule has 23 heavy (non-hydrogen) atoms. The summed E-state index contributed by atoms with van der Waals surface area (Å²) in [6.07, 6.45) is 0. The molecule has 0 atom stereocenters. The van der Waals surface area contributed by atoms with Crippen LogP contribution in [0.25, 0.3) is 0 Å². The van der Waals surface area contributed by atoms with Crippen LogP contribution in [0.1, 0.15) is 0 Å². The van der Waals surface area contributed by atoms with Gasteiger partial charge in [0.25, 0.3) is 0 Å². The van der Waals surface area contributed by atoms with Gasteiger partial charge in [-0.1, -0.05) is 11.6 Å². The van der Waals surface area contributed by atoms with Crippen LogP contribution in [-0.4, -0.2) is 24.9 Å². The van der Waals surface area contributed by atoms with Crippen LogP contribution in [0.3, 0.4) is 0 Å². The van der Waals surface area contributed by atoms with Crippen molar-refractivity contribution >= 4 is 50.9 Å². The number of carbonyl (C=O) groups excluding carboxylic acids is 1. The summed E-state index contributed by atoms with van der Waals surface area (Å²) in [6, 6.07) is 11.0. The lowest BCUT2D eigenvalue weighted by atomic mass is 10.2. The van der Waals surface area contributed by atoms with E-state index in [0.717, 1.165) is 9.37 Å². The summed E-state index contributed by atoms with van der Waals surface area (Å²) < 4.78 is 11.8. The largest absolute Gasteiger partial charge is 0.486 e. The van der Waals surface area contributed by atoms with E-state index in [9.17, 15) is 4.79 Å². The third-order valence-corrected chi connectivity index (χ3v) is 5.01. The van der Waals surface area contributed by atoms with Crippen molar-refractivity contribution in [2.24, 2.45) is 0 Å². The molecular weight excluding hydrogens is 402 g/mol. The van der Waals surface area contributed by atoms with Gasteiger partial charge < -0.3 is 14.8 Å². The van der Waals surface area contributed by atoms with E-state index in [1.807, 2.05) is 12.1 Å². The molecule has 0 saturated carbocycles. The Morgan fingerprint density at radius 3 is 2.52 bits per heavy atom. The number of carbonyl (C=O) groups is 1. The van der Waals surface area contributed by atoms with Crippen LogP contribution >= 0.6 is 39.3 Å². The highest BCUT2D eigenvalue weighted by Gasteiger charge is 2.16. The highest BCUT2D eigenvalue weighted by atomic mass is 79.9. The molecule has 0 aliphatic carbocycles. The van der Waals surface area contributed by atoms with Crippen molar-refractivity contribution in [3.05, 3.63) is 45.9 Å². The Hall–Kier alpha value is -1.37. The number of amides is 1. The van der Waals surface area contributed by atoms with E-state index in [1.54, 1.807) is 24.3 Å². The van der Waals surface area contributed by atoms with E-state index in [1.165, 1.54) is 11.8 Å². The zero-order chi connectivity index (χ0) is 16.2. The van der Waals surface area contributed by atoms with Gasteiger partial charge in [-0.25, -0.2) is 0 Å². The van der Waals surface area contributed by atoms with E-state index in [0.29, 0.717) is 41.2 Å². The molecule has 1 aliphatic heterocycles. The van der Waals surface area contributed by atoms with Crippen molar-refractivity contribution < 1.29 is 14.3 Å². The number of hydrogen-bond donors (Lipinski definition) is 1. The maximum atomic E-state index is 12.1. The normalized spacial score (nSPS) is 12.8. The zero-order valence-corrected chi connectivity index (χ0v) is 15.1. The fourth-order valence-corrected chi connectivity index (χ4v) is 3.27. The van der Waals surface area contributed by atoms with Crippen molar-refractivity contribution in [2.75, 3.05) is 24.3 Å². The molecule has 1 aliphatic rings. The number of nitrogens with one attached hydrogen (secondary N) is 1. The van der Waals surface area contributed by atoms with Gasteiger partial charge in [0, 0.05) is 26.5 Å². The Labute approximate surface area is 151 Å². The fraction of sp³-hybridized carbons (Fsp3) is 0.188. The lowest BCUT2D eigenvalue weighted by Crippen LogP contribution is -2.17. The number of thioether (sulfide) groups is 1. The molecule has 0 saturated heterocycles. The molecule has 1 amide bonds. The van der Waals surface area contributed by atoms with Crippen molar-refractivity contribution in [2.45, 2.75) is 4.90 Å². The third-order valence-electron chi connectivity index (χ3n) is 3.09. The molecule has 0 spiro atoms. The predicted octanol–water partition coefficient (Wildman–Crippen LogP) is 4.60. The van der Waals surface area contributed by atoms with Gasteiger partial charge in [0.1, 0.15) is 13.2 Å². The molecule has 0 unspecified atom stereocenters. The summed E-state index contributed by atoms with van der Waals surface area (Å²) in [6.45, 7) is 1.04. The molecule has 2 aromatic carbocycles. The van der Waals surface area contributed by atoms with E-state index in [2.05, 4.69) is 21.2 Å². The Balaban J connectivity index is 1.62. The minimum Gasteiger partial charge on any atom is -0.486 e. The van der Waals surface area contributed by atoms with Crippen LogP contribution in [0.4, 0.5) is 5.69 Å². The molecule has 3 rings (SSSR count). The van der Waals surface area contributed by atoms with Crippen molar-refractivity contribution in [3.8, 4) is 11.5 Å². The average molecular weight is 415 g/mol. The molecule has 4 nitrogen and oxygen atoms in total. The minimum absolute atomic E-state index is 0.0951. The number of halogens is 2. The predicted molar refractivity (Wildman–Crippen MR) is 95.9 cm³/mol. The minimum atomic E-state index is -0.0951. The SMILES string of the molecule is O=C(CSc1ccc(Cl)cc1)Nc1cc2c(cc1Br)OCCO2. The molecule has 0 bridgehead atoms. The molecule has 1 heterocycles. The van der Waals surface area contributed by atoms with Gasteiger partial charge in [0.15, 0.2) is 11.5 Å². The van der Waals surface area contributed by atoms with Gasteiger partial charge >= 0.3 is 0 Å². The van der Waals surface area contributed by atoms with Crippen LogP contribution in [0, 0.1) is 0 Å². The molecule has 0 aromatic heterocycles. The monoisotopic (exact) mass is 413 g/mol. The van der Waals surface area contributed by atoms with Gasteiger partial charge in [-0.15, -0.1) is 11.8 Å². The topological polar surface area (TPSA) is 47.6 Å². The Kier molecular flexibility index (Phi) is 5.35. The van der Waals surface area contributed by atoms with E-state index >= 15 is 0 Å². The van der Waals surface area contributed by atoms with Crippen molar-refractivity contribution in [1.82, 2.24) is 0 Å². The summed E-state index contributed by atoms with van der Waals surface area (Å²) in [5.74, 6) is 1.53. The van der Waals surface area contributed by atoms with E-state index < -0.39 is 0 Å². The summed E-state index contributed by atoms with van der Waals surface area (Å²) >= 11 is 10.7. The van der Waals surface area contributed by atoms with Crippen LogP contribution in [0.2, 0.25) is 5.02 Å². The molecule has 7 heteroatoms. The van der Waals surface area contributed by atoms with Crippen LogP contribution in [0.5, 0.6) is 11.5 Å². The van der Waals surface area contributed by atoms with Crippen LogP contribution < -0.4 is 14.8 Å². The number of ether oxygens (including phenoxy) is 2. The number of fused-ring (bicyclic) bond motifs is 1. The molecule has 0 fully saturated rings. The first-order valence-corrected chi connectivity index (χ1v) is 9.05. The lowest BCUT2D eigenvalue weighted by molar-refractivity contribution is -0.113. The first-order chi connectivity index (χ1) is 11.1. The van der Waals surface area contributed by atoms with Gasteiger partial charge in [0.05, 0.1) is 11.4 Å². The zero-order valence-electron chi connectivity index (χ0n) is 12.0. The lowest BCUT2D eigenvalue weighted by Gasteiger charge is -2.20. The second-order valence-corrected chi connectivity index (χ2v) is 7.11. The van der Waals surface area contributed by atoms with E-state index in [-0.39, 0.29) is 5.91 Å². The molecule has 0 radical (unpaired) electrons. The van der Waals surface area contributed by atoms with Crippen molar-refractivity contribution in [3.63, 3.8) is 0 Å². The summed E-state index contributed by atoms with van der Waals surface area (Å²) in [5.41, 5.74) is 0.663. The standard InChI is InChI=1S/C16H13BrClNO3S/c17-12-7-14-15(22-6-5-21-14)8-13(12)19-16(20)9-23-11-3-1-10(18)2-4-11/h1-4,7-8H,5-6,9H2,(H,19,20). The van der Waals surface area contributed by atoms with Gasteiger partial charge in [-0.2, -0.15) is 0 Å². The third kappa shape index (κ3) is 4.34. The molecular formula is C16H13BrClNO3S. The second-order valence-electron chi connectivity index (χ2n) is 4.77. The molecule has 1 N–H and O–H groups in total. The summed E-state index contributed by atoms with van der Waals surface area (Å²) in [4.78, 5) is 13.1. The number of hydrogen-bond acceptors (Lipinski definition) is 4. The van der Waals surface area contributed by atoms with Gasteiger partial charge in [-0.3, -0.25) is 4.79 Å². The first-order valence-electron chi connectivity index (χ1n) is 6.89. The molecule has 120 valence electrons. The number of anilines is 1. The molecule has 2 aromatic rings. The smallest absolute Gasteiger partial charge is 0.234 e. The van der Waals surface area contributed by atoms with Gasteiger partial charge in [0.2, 0.25) is 5.91 Å². The fourth-order valence-electron chi connectivity index (χ4n) is 2.03. The quantitative estimate of drug-likeness (QED) is 0.743. The Bertz CT molecular complexity index is 724. The van der Waals surface area contributed by atoms with Crippen LogP contribution in [-0.2, 0) is 4.79 Å². The summed E-state index contributed by atoms with van der Waals surface area (Å²) in [7, 11) is 0. The average Bonchev–Trinajstić information content (AvgIpc) is 2.55.